The molecule has 0 spiro atoms. The number of hydrogen-bond donors (Lipinski definition) is 0. The van der Waals surface area contributed by atoms with Crippen molar-refractivity contribution < 1.29 is 4.42 Å². The summed E-state index contributed by atoms with van der Waals surface area (Å²) >= 11 is 3.96. The van der Waals surface area contributed by atoms with Gasteiger partial charge in [-0.25, -0.2) is 15.0 Å². The van der Waals surface area contributed by atoms with Crippen LogP contribution in [0.3, 0.4) is 0 Å². The molecule has 2 aromatic heterocycles. The number of furan rings is 1. The van der Waals surface area contributed by atoms with Crippen molar-refractivity contribution in [3.05, 3.63) is 4.47 Å². The van der Waals surface area contributed by atoms with E-state index in [-0.39, 0.29) is 0 Å². The Kier molecular flexibility index (Phi) is 11.1. The van der Waals surface area contributed by atoms with Crippen molar-refractivity contribution in [1.82, 2.24) is 15.0 Å². The van der Waals surface area contributed by atoms with E-state index in [0.29, 0.717) is 5.82 Å². The van der Waals surface area contributed by atoms with E-state index in [4.69, 9.17) is 19.4 Å². The molecule has 7 rings (SSSR count). The second-order valence-corrected chi connectivity index (χ2v) is 18.3. The van der Waals surface area contributed by atoms with Gasteiger partial charge in [0.05, 0.1) is 4.47 Å². The van der Waals surface area contributed by atoms with Crippen molar-refractivity contribution >= 4 is 304 Å². The smallest absolute Gasteiger partial charge is 0.162 e. The van der Waals surface area contributed by atoms with Crippen LogP contribution in [-0.4, -0.2) is 172 Å². The highest BCUT2D eigenvalue weighted by Crippen LogP contribution is 2.34. The Balaban J connectivity index is 1.66. The molecule has 0 aliphatic rings. The van der Waals surface area contributed by atoms with Crippen LogP contribution < -0.4 is 109 Å². The van der Waals surface area contributed by atoms with Crippen molar-refractivity contribution in [3.8, 4) is 45.3 Å². The first-order valence-corrected chi connectivity index (χ1v) is 21.5. The van der Waals surface area contributed by atoms with Crippen LogP contribution in [0.2, 0.25) is 0 Å². The lowest BCUT2D eigenvalue weighted by Gasteiger charge is -2.25. The maximum atomic E-state index is 7.11. The second-order valence-electron chi connectivity index (χ2n) is 17.5. The van der Waals surface area contributed by atoms with Crippen LogP contribution in [0.25, 0.3) is 67.2 Å². The van der Waals surface area contributed by atoms with Crippen LogP contribution in [0.15, 0.2) is 8.89 Å². The van der Waals surface area contributed by atoms with Gasteiger partial charge < -0.3 is 4.42 Å². The van der Waals surface area contributed by atoms with Gasteiger partial charge in [0, 0.05) is 33.0 Å². The summed E-state index contributed by atoms with van der Waals surface area (Å²) in [6, 6.07) is 0. The van der Waals surface area contributed by atoms with Crippen molar-refractivity contribution in [1.29, 1.82) is 0 Å². The zero-order valence-electron chi connectivity index (χ0n) is 38.6. The monoisotopic (exact) mass is 793 g/mol. The summed E-state index contributed by atoms with van der Waals surface area (Å²) in [5.74, 6) is 2.15. The number of aromatic nitrogens is 3. The molecule has 7 aromatic rings. The lowest BCUT2D eigenvalue weighted by atomic mass is 9.60. The first kappa shape index (κ1) is 42.8. The van der Waals surface area contributed by atoms with Crippen molar-refractivity contribution in [2.45, 2.75) is 0 Å². The van der Waals surface area contributed by atoms with Crippen LogP contribution in [0.4, 0.5) is 0 Å². The molecular weight excluding hydrogens is 751 g/mol. The molecule has 0 saturated heterocycles. The van der Waals surface area contributed by atoms with E-state index < -0.39 is 0 Å². The Labute approximate surface area is 370 Å². The lowest BCUT2D eigenvalue weighted by molar-refractivity contribution is 0.669. The highest BCUT2D eigenvalue weighted by Gasteiger charge is 2.28. The molecule has 25 heteroatoms. The highest BCUT2D eigenvalue weighted by molar-refractivity contribution is 9.10. The van der Waals surface area contributed by atoms with Crippen LogP contribution >= 0.6 is 15.9 Å². The lowest BCUT2D eigenvalue weighted by Crippen LogP contribution is -2.55. The molecule has 0 N–H and O–H groups in total. The van der Waals surface area contributed by atoms with Gasteiger partial charge in [-0.2, -0.15) is 0 Å². The minimum absolute atomic E-state index is 0.705. The molecule has 0 aliphatic heterocycles. The third kappa shape index (κ3) is 6.04. The van der Waals surface area contributed by atoms with Gasteiger partial charge in [-0.05, 0) is 21.5 Å². The first-order chi connectivity index (χ1) is 27.1. The Morgan fingerprint density at radius 1 is 0.259 bits per heavy atom. The first-order valence-electron chi connectivity index (χ1n) is 20.7. The van der Waals surface area contributed by atoms with E-state index in [1.165, 1.54) is 120 Å². The largest absolute Gasteiger partial charge is 0.454 e. The maximum absolute atomic E-state index is 7.11. The number of fused-ring (bicyclic) bond motifs is 3. The molecule has 0 atom stereocenters. The minimum Gasteiger partial charge on any atom is -0.454 e. The molecule has 260 valence electrons. The normalized spacial score (nSPS) is 11.5. The molecular formula is C33H40B20BrN3O. The van der Waals surface area contributed by atoms with Gasteiger partial charge in [-0.1, -0.05) is 71.0 Å². The average molecular weight is 791 g/mol. The van der Waals surface area contributed by atoms with Gasteiger partial charge in [0.1, 0.15) is 168 Å². The SMILES string of the molecule is Bc1c(B)c(B)c(-c2nc(-c3c(B)c(B)c(B)c(B)c3B)nc(-c3c(B)c(B)c(B)c(-c4c(B)c(B)c(B)c5c4oc4c(Br)c(B)c(B)c(B)c45)c3B)n2)c(B)c1B. The van der Waals surface area contributed by atoms with E-state index in [1.807, 2.05) is 0 Å². The van der Waals surface area contributed by atoms with E-state index in [9.17, 15) is 0 Å². The van der Waals surface area contributed by atoms with Gasteiger partial charge in [-0.15, -0.1) is 38.2 Å². The predicted molar refractivity (Wildman–Crippen MR) is 320 cm³/mol. The van der Waals surface area contributed by atoms with Crippen LogP contribution in [-0.2, 0) is 0 Å². The third-order valence-electron chi connectivity index (χ3n) is 15.2. The van der Waals surface area contributed by atoms with E-state index in [0.717, 1.165) is 55.0 Å². The molecule has 4 nitrogen and oxygen atoms in total. The molecule has 0 fully saturated rings. The molecule has 5 aromatic carbocycles. The second kappa shape index (κ2) is 15.0. The predicted octanol–water partition coefficient (Wildman–Crippen LogP) is -25.6. The van der Waals surface area contributed by atoms with E-state index in [1.54, 1.807) is 0 Å². The molecule has 0 saturated carbocycles. The molecule has 0 amide bonds. The third-order valence-corrected chi connectivity index (χ3v) is 16.2. The molecule has 0 unspecified atom stereocenters. The van der Waals surface area contributed by atoms with Crippen molar-refractivity contribution in [3.63, 3.8) is 0 Å². The Hall–Kier alpha value is -3.31. The zero-order valence-corrected chi connectivity index (χ0v) is 40.2. The molecule has 0 aliphatic carbocycles. The van der Waals surface area contributed by atoms with Crippen LogP contribution in [0.1, 0.15) is 0 Å². The number of halogens is 1. The summed E-state index contributed by atoms with van der Waals surface area (Å²) in [5.41, 5.74) is 32.5. The summed E-state index contributed by atoms with van der Waals surface area (Å²) < 4.78 is 8.14. The van der Waals surface area contributed by atoms with E-state index in [2.05, 4.69) is 173 Å². The summed E-state index contributed by atoms with van der Waals surface area (Å²) in [5, 5.41) is 2.40. The Bertz CT molecular complexity index is 2900. The fourth-order valence-corrected chi connectivity index (χ4v) is 10.4. The van der Waals surface area contributed by atoms with Crippen molar-refractivity contribution in [2.75, 3.05) is 0 Å². The van der Waals surface area contributed by atoms with Gasteiger partial charge in [0.15, 0.2) is 17.5 Å². The van der Waals surface area contributed by atoms with Gasteiger partial charge >= 0.3 is 0 Å². The zero-order chi connectivity index (χ0) is 42.9. The van der Waals surface area contributed by atoms with Gasteiger partial charge in [0.2, 0.25) is 0 Å². The fraction of sp³-hybridized carbons (Fsp3) is 0. The number of hydrogen-bond acceptors (Lipinski definition) is 4. The maximum Gasteiger partial charge on any atom is 0.162 e. The molecule has 0 bridgehead atoms. The average Bonchev–Trinajstić information content (AvgIpc) is 3.59. The summed E-state index contributed by atoms with van der Waals surface area (Å²) in [6.07, 6.45) is 0. The van der Waals surface area contributed by atoms with Crippen molar-refractivity contribution in [2.24, 2.45) is 0 Å². The number of rotatable bonds is 4. The fourth-order valence-electron chi connectivity index (χ4n) is 9.84. The molecule has 58 heavy (non-hydrogen) atoms. The number of nitrogens with zero attached hydrogens (tertiary/aromatic N) is 3. The topological polar surface area (TPSA) is 51.8 Å². The standard InChI is InChI=1S/C33H40B20BrN3O/c34-8-1(2-10(36)19(45)11(37)3-4-12(38)24(50)27(53)28(54)30(4)58-29(2)3)9(35)18(44)13(39)5(8)31-55-32(6-14(40)20(46)25(51)21(47)15(6)41)57-33(56-31)7-16(42)22(48)26(52)23(49)17(7)43/h34-53H2. The summed E-state index contributed by atoms with van der Waals surface area (Å²) in [4.78, 5) is 16.5. The summed E-state index contributed by atoms with van der Waals surface area (Å²) in [6.45, 7) is 0. The molecule has 0 radical (unpaired) electrons. The summed E-state index contributed by atoms with van der Waals surface area (Å²) in [7, 11) is 44.7. The van der Waals surface area contributed by atoms with Gasteiger partial charge in [-0.3, -0.25) is 0 Å². The Morgan fingerprint density at radius 2 is 0.517 bits per heavy atom. The minimum atomic E-state index is 0.705. The quantitative estimate of drug-likeness (QED) is 0.167. The van der Waals surface area contributed by atoms with Crippen LogP contribution in [0, 0.1) is 0 Å². The van der Waals surface area contributed by atoms with E-state index >= 15 is 0 Å². The Morgan fingerprint density at radius 3 is 0.914 bits per heavy atom. The molecule has 2 heterocycles. The van der Waals surface area contributed by atoms with Crippen LogP contribution in [0.5, 0.6) is 0 Å². The van der Waals surface area contributed by atoms with Gasteiger partial charge in [0.25, 0.3) is 0 Å². The highest BCUT2D eigenvalue weighted by atomic mass is 79.9. The number of benzene rings is 5.